The lowest BCUT2D eigenvalue weighted by atomic mass is 9.99. The number of primary sulfonamides is 1. The fourth-order valence-corrected chi connectivity index (χ4v) is 3.90. The monoisotopic (exact) mass is 387 g/mol. The number of hydrogen-bond acceptors (Lipinski definition) is 4. The van der Waals surface area contributed by atoms with Crippen molar-refractivity contribution < 1.29 is 13.2 Å². The van der Waals surface area contributed by atoms with Crippen molar-refractivity contribution in [1.82, 2.24) is 5.32 Å². The summed E-state index contributed by atoms with van der Waals surface area (Å²) >= 11 is 0. The molecule has 27 heavy (non-hydrogen) atoms. The quantitative estimate of drug-likeness (QED) is 0.790. The molecule has 0 aromatic heterocycles. The number of rotatable bonds is 6. The van der Waals surface area contributed by atoms with Gasteiger partial charge in [0.05, 0.1) is 11.4 Å². The number of carbonyl (C=O) groups is 1. The highest BCUT2D eigenvalue weighted by Gasteiger charge is 2.18. The Morgan fingerprint density at radius 2 is 1.93 bits per heavy atom. The summed E-state index contributed by atoms with van der Waals surface area (Å²) in [4.78, 5) is 14.5. The number of anilines is 1. The Balaban J connectivity index is 1.51. The summed E-state index contributed by atoms with van der Waals surface area (Å²) < 4.78 is 22.5. The molecule has 2 aromatic rings. The number of nitrogens with two attached hydrogens (primary N) is 1. The third kappa shape index (κ3) is 5.08. The van der Waals surface area contributed by atoms with Crippen molar-refractivity contribution in [3.05, 3.63) is 59.2 Å². The van der Waals surface area contributed by atoms with Gasteiger partial charge in [-0.3, -0.25) is 4.79 Å². The average molecular weight is 388 g/mol. The maximum atomic E-state index is 12.3. The van der Waals surface area contributed by atoms with E-state index in [9.17, 15) is 13.2 Å². The predicted octanol–water partition coefficient (Wildman–Crippen LogP) is 1.75. The number of hydrogen-bond donors (Lipinski definition) is 2. The molecule has 0 atom stereocenters. The van der Waals surface area contributed by atoms with Crippen molar-refractivity contribution in [2.45, 2.75) is 31.1 Å². The van der Waals surface area contributed by atoms with Gasteiger partial charge in [-0.1, -0.05) is 29.8 Å². The summed E-state index contributed by atoms with van der Waals surface area (Å²) in [6, 6.07) is 12.8. The molecule has 0 spiro atoms. The molecule has 0 radical (unpaired) electrons. The van der Waals surface area contributed by atoms with Gasteiger partial charge < -0.3 is 10.2 Å². The average Bonchev–Trinajstić information content (AvgIpc) is 2.61. The van der Waals surface area contributed by atoms with Gasteiger partial charge in [-0.05, 0) is 55.5 Å². The van der Waals surface area contributed by atoms with Gasteiger partial charge >= 0.3 is 0 Å². The largest absolute Gasteiger partial charge is 0.362 e. The minimum absolute atomic E-state index is 0.00965. The molecule has 0 bridgehead atoms. The SMILES string of the molecule is Cc1ccc2c(c1)CCCN2CC(=O)NCCc1ccc(S(N)(=O)=O)cc1. The zero-order valence-electron chi connectivity index (χ0n) is 15.4. The maximum absolute atomic E-state index is 12.3. The molecule has 6 nitrogen and oxygen atoms in total. The highest BCUT2D eigenvalue weighted by Crippen LogP contribution is 2.27. The highest BCUT2D eigenvalue weighted by molar-refractivity contribution is 7.89. The zero-order chi connectivity index (χ0) is 19.4. The predicted molar refractivity (Wildman–Crippen MR) is 106 cm³/mol. The van der Waals surface area contributed by atoms with Crippen LogP contribution in [-0.4, -0.2) is 34.0 Å². The molecule has 0 unspecified atom stereocenters. The van der Waals surface area contributed by atoms with E-state index in [4.69, 9.17) is 5.14 Å². The highest BCUT2D eigenvalue weighted by atomic mass is 32.2. The number of benzene rings is 2. The van der Waals surface area contributed by atoms with Crippen molar-refractivity contribution in [3.8, 4) is 0 Å². The van der Waals surface area contributed by atoms with E-state index in [1.54, 1.807) is 12.1 Å². The van der Waals surface area contributed by atoms with Crippen LogP contribution in [0.25, 0.3) is 0 Å². The summed E-state index contributed by atoms with van der Waals surface area (Å²) in [6.45, 7) is 3.82. The Labute approximate surface area is 160 Å². The summed E-state index contributed by atoms with van der Waals surface area (Å²) in [6.07, 6.45) is 2.75. The zero-order valence-corrected chi connectivity index (χ0v) is 16.3. The number of fused-ring (bicyclic) bond motifs is 1. The van der Waals surface area contributed by atoms with Crippen LogP contribution in [0.2, 0.25) is 0 Å². The normalized spacial score (nSPS) is 13.9. The van der Waals surface area contributed by atoms with Crippen LogP contribution in [0.3, 0.4) is 0 Å². The number of amides is 1. The molecule has 7 heteroatoms. The molecule has 3 N–H and O–H groups in total. The number of nitrogens with one attached hydrogen (secondary N) is 1. The molecular weight excluding hydrogens is 362 g/mol. The molecule has 1 aliphatic heterocycles. The fourth-order valence-electron chi connectivity index (χ4n) is 3.39. The molecule has 0 saturated heterocycles. The lowest BCUT2D eigenvalue weighted by molar-refractivity contribution is -0.119. The van der Waals surface area contributed by atoms with Gasteiger partial charge in [0.2, 0.25) is 15.9 Å². The van der Waals surface area contributed by atoms with Crippen molar-refractivity contribution in [3.63, 3.8) is 0 Å². The van der Waals surface area contributed by atoms with Gasteiger partial charge in [-0.25, -0.2) is 13.6 Å². The Morgan fingerprint density at radius 1 is 1.19 bits per heavy atom. The van der Waals surface area contributed by atoms with E-state index in [0.717, 1.165) is 30.6 Å². The van der Waals surface area contributed by atoms with Crippen molar-refractivity contribution in [1.29, 1.82) is 0 Å². The van der Waals surface area contributed by atoms with Crippen molar-refractivity contribution >= 4 is 21.6 Å². The molecule has 2 aromatic carbocycles. The maximum Gasteiger partial charge on any atom is 0.239 e. The summed E-state index contributed by atoms with van der Waals surface area (Å²) in [7, 11) is -3.67. The van der Waals surface area contributed by atoms with Crippen LogP contribution in [0, 0.1) is 6.92 Å². The van der Waals surface area contributed by atoms with Crippen LogP contribution < -0.4 is 15.4 Å². The van der Waals surface area contributed by atoms with E-state index in [0.29, 0.717) is 19.5 Å². The summed E-state index contributed by atoms with van der Waals surface area (Å²) in [5.41, 5.74) is 4.65. The van der Waals surface area contributed by atoms with E-state index in [-0.39, 0.29) is 10.8 Å². The Morgan fingerprint density at radius 3 is 2.63 bits per heavy atom. The molecule has 0 fully saturated rings. The molecule has 0 aliphatic carbocycles. The first-order valence-corrected chi connectivity index (χ1v) is 10.6. The lowest BCUT2D eigenvalue weighted by Gasteiger charge is -2.31. The standard InChI is InChI=1S/C20H25N3O3S/c1-15-4-9-19-17(13-15)3-2-12-23(19)14-20(24)22-11-10-16-5-7-18(8-6-16)27(21,25)26/h4-9,13H,2-3,10-12,14H2,1H3,(H,22,24)(H2,21,25,26). The molecule has 3 rings (SSSR count). The van der Waals surface area contributed by atoms with E-state index < -0.39 is 10.0 Å². The van der Waals surface area contributed by atoms with E-state index in [1.807, 2.05) is 0 Å². The van der Waals surface area contributed by atoms with Crippen LogP contribution >= 0.6 is 0 Å². The van der Waals surface area contributed by atoms with E-state index >= 15 is 0 Å². The van der Waals surface area contributed by atoms with Crippen LogP contribution in [0.15, 0.2) is 47.4 Å². The lowest BCUT2D eigenvalue weighted by Crippen LogP contribution is -2.40. The molecule has 1 amide bonds. The number of carbonyl (C=O) groups excluding carboxylic acids is 1. The van der Waals surface area contributed by atoms with Crippen LogP contribution in [0.4, 0.5) is 5.69 Å². The van der Waals surface area contributed by atoms with Gasteiger partial charge in [0.15, 0.2) is 0 Å². The van der Waals surface area contributed by atoms with Gasteiger partial charge in [0.1, 0.15) is 0 Å². The molecule has 1 aliphatic rings. The molecule has 1 heterocycles. The third-order valence-electron chi connectivity index (χ3n) is 4.77. The van der Waals surface area contributed by atoms with Crippen LogP contribution in [0.1, 0.15) is 23.1 Å². The smallest absolute Gasteiger partial charge is 0.239 e. The number of nitrogens with zero attached hydrogens (tertiary/aromatic N) is 1. The second-order valence-corrected chi connectivity index (χ2v) is 8.51. The van der Waals surface area contributed by atoms with Gasteiger partial charge in [0, 0.05) is 18.8 Å². The first-order valence-electron chi connectivity index (χ1n) is 9.06. The van der Waals surface area contributed by atoms with Gasteiger partial charge in [0.25, 0.3) is 0 Å². The van der Waals surface area contributed by atoms with Crippen LogP contribution in [-0.2, 0) is 27.7 Å². The summed E-state index contributed by atoms with van der Waals surface area (Å²) in [5, 5.41) is 8.03. The minimum Gasteiger partial charge on any atom is -0.362 e. The third-order valence-corrected chi connectivity index (χ3v) is 5.70. The second kappa shape index (κ2) is 8.10. The first kappa shape index (κ1) is 19.4. The minimum atomic E-state index is -3.67. The number of aryl methyl sites for hydroxylation is 2. The van der Waals surface area contributed by atoms with E-state index in [2.05, 4.69) is 35.3 Å². The Hall–Kier alpha value is -2.38. The van der Waals surface area contributed by atoms with Crippen molar-refractivity contribution in [2.75, 3.05) is 24.5 Å². The topological polar surface area (TPSA) is 92.5 Å². The Bertz CT molecular complexity index is 924. The molecule has 144 valence electrons. The van der Waals surface area contributed by atoms with Crippen molar-refractivity contribution in [2.24, 2.45) is 5.14 Å². The number of sulfonamides is 1. The van der Waals surface area contributed by atoms with Crippen LogP contribution in [0.5, 0.6) is 0 Å². The molecule has 0 saturated carbocycles. The Kier molecular flexibility index (Phi) is 5.82. The van der Waals surface area contributed by atoms with Gasteiger partial charge in [-0.2, -0.15) is 0 Å². The second-order valence-electron chi connectivity index (χ2n) is 6.95. The van der Waals surface area contributed by atoms with E-state index in [1.165, 1.54) is 23.3 Å². The molecular formula is C20H25N3O3S. The first-order chi connectivity index (χ1) is 12.8. The fraction of sp³-hybridized carbons (Fsp3) is 0.350. The summed E-state index contributed by atoms with van der Waals surface area (Å²) in [5.74, 6) is -0.00965. The van der Waals surface area contributed by atoms with Gasteiger partial charge in [-0.15, -0.1) is 0 Å².